The van der Waals surface area contributed by atoms with E-state index < -0.39 is 18.6 Å². The van der Waals surface area contributed by atoms with E-state index in [2.05, 4.69) is 0 Å². The minimum absolute atomic E-state index is 0.132. The number of halogens is 3. The molecule has 0 amide bonds. The lowest BCUT2D eigenvalue weighted by molar-refractivity contribution is -0.136. The molecule has 0 spiro atoms. The maximum atomic E-state index is 12.1. The van der Waals surface area contributed by atoms with E-state index in [1.165, 1.54) is 6.07 Å². The fraction of sp³-hybridized carbons (Fsp3) is 0.286. The second-order valence-electron chi connectivity index (χ2n) is 4.55. The summed E-state index contributed by atoms with van der Waals surface area (Å²) in [6, 6.07) is 9.41. The number of aromatic hydroxyl groups is 1. The van der Waals surface area contributed by atoms with Crippen LogP contribution in [0.15, 0.2) is 36.4 Å². The van der Waals surface area contributed by atoms with Crippen molar-refractivity contribution in [3.8, 4) is 5.75 Å². The number of hydrogen-bond donors (Lipinski definition) is 2. The molecule has 2 nitrogen and oxygen atoms in total. The van der Waals surface area contributed by atoms with Crippen LogP contribution < -0.4 is 5.73 Å². The molecule has 0 aliphatic heterocycles. The van der Waals surface area contributed by atoms with Crippen LogP contribution >= 0.6 is 0 Å². The Balaban J connectivity index is 2.18. The second-order valence-corrected chi connectivity index (χ2v) is 4.55. The van der Waals surface area contributed by atoms with E-state index in [1.54, 1.807) is 30.3 Å². The minimum atomic E-state index is -4.18. The van der Waals surface area contributed by atoms with Gasteiger partial charge in [-0.3, -0.25) is 0 Å². The summed E-state index contributed by atoms with van der Waals surface area (Å²) in [6.07, 6.45) is -5.20. The highest BCUT2D eigenvalue weighted by atomic mass is 19.4. The van der Waals surface area contributed by atoms with Crippen LogP contribution in [0.2, 0.25) is 0 Å². The zero-order valence-electron chi connectivity index (χ0n) is 10.1. The predicted octanol–water partition coefficient (Wildman–Crippen LogP) is 3.89. The van der Waals surface area contributed by atoms with Crippen molar-refractivity contribution >= 4 is 10.8 Å². The average Bonchev–Trinajstić information content (AvgIpc) is 2.34. The van der Waals surface area contributed by atoms with E-state index in [-0.39, 0.29) is 12.2 Å². The third kappa shape index (κ3) is 3.61. The van der Waals surface area contributed by atoms with Crippen molar-refractivity contribution in [2.75, 3.05) is 0 Å². The number of phenols is 1. The first-order valence-corrected chi connectivity index (χ1v) is 5.90. The highest BCUT2D eigenvalue weighted by molar-refractivity contribution is 5.84. The summed E-state index contributed by atoms with van der Waals surface area (Å²) in [5.74, 6) is 0.154. The zero-order valence-corrected chi connectivity index (χ0v) is 10.1. The quantitative estimate of drug-likeness (QED) is 0.888. The summed E-state index contributed by atoms with van der Waals surface area (Å²) in [4.78, 5) is 0. The summed E-state index contributed by atoms with van der Waals surface area (Å²) in [5.41, 5.74) is 6.44. The number of hydrogen-bond acceptors (Lipinski definition) is 2. The van der Waals surface area contributed by atoms with Gasteiger partial charge in [0.25, 0.3) is 0 Å². The van der Waals surface area contributed by atoms with Crippen LogP contribution in [0.3, 0.4) is 0 Å². The van der Waals surface area contributed by atoms with Crippen LogP contribution in [0.4, 0.5) is 13.2 Å². The molecule has 0 unspecified atom stereocenters. The highest BCUT2D eigenvalue weighted by Crippen LogP contribution is 2.28. The molecule has 0 saturated carbocycles. The van der Waals surface area contributed by atoms with Gasteiger partial charge in [0.15, 0.2) is 0 Å². The predicted molar refractivity (Wildman–Crippen MR) is 67.8 cm³/mol. The molecular weight excluding hydrogens is 255 g/mol. The number of nitrogens with two attached hydrogens (primary N) is 1. The van der Waals surface area contributed by atoms with Crippen molar-refractivity contribution in [3.63, 3.8) is 0 Å². The number of fused-ring (bicyclic) bond motifs is 1. The van der Waals surface area contributed by atoms with Crippen LogP contribution in [0.1, 0.15) is 24.4 Å². The van der Waals surface area contributed by atoms with E-state index in [0.29, 0.717) is 5.56 Å². The van der Waals surface area contributed by atoms with Crippen LogP contribution in [-0.4, -0.2) is 11.3 Å². The molecule has 1 atom stereocenters. The molecule has 2 rings (SSSR count). The molecule has 102 valence electrons. The highest BCUT2D eigenvalue weighted by Gasteiger charge is 2.27. The molecule has 0 saturated heterocycles. The van der Waals surface area contributed by atoms with Gasteiger partial charge in [-0.25, -0.2) is 0 Å². The number of rotatable bonds is 3. The summed E-state index contributed by atoms with van der Waals surface area (Å²) in [6.45, 7) is 0. The van der Waals surface area contributed by atoms with Gasteiger partial charge in [-0.15, -0.1) is 0 Å². The van der Waals surface area contributed by atoms with Crippen molar-refractivity contribution < 1.29 is 18.3 Å². The number of phenolic OH excluding ortho intramolecular Hbond substituents is 1. The topological polar surface area (TPSA) is 46.2 Å². The lowest BCUT2D eigenvalue weighted by Gasteiger charge is -2.14. The monoisotopic (exact) mass is 269 g/mol. The van der Waals surface area contributed by atoms with Crippen molar-refractivity contribution in [1.82, 2.24) is 0 Å². The molecule has 0 radical (unpaired) electrons. The standard InChI is InChI=1S/C14H14F3NO/c15-14(16,17)6-5-13(18)11-2-1-10-8-12(19)4-3-9(10)7-11/h1-4,7-8,13,19H,5-6,18H2/t13-/m0/s1. The van der Waals surface area contributed by atoms with Crippen LogP contribution in [-0.2, 0) is 0 Å². The summed E-state index contributed by atoms with van der Waals surface area (Å²) in [7, 11) is 0. The largest absolute Gasteiger partial charge is 0.508 e. The third-order valence-corrected chi connectivity index (χ3v) is 3.01. The molecule has 2 aromatic rings. The van der Waals surface area contributed by atoms with E-state index >= 15 is 0 Å². The summed E-state index contributed by atoms with van der Waals surface area (Å²) < 4.78 is 36.4. The van der Waals surface area contributed by atoms with Gasteiger partial charge in [0, 0.05) is 12.5 Å². The Morgan fingerprint density at radius 3 is 2.37 bits per heavy atom. The van der Waals surface area contributed by atoms with Crippen molar-refractivity contribution in [3.05, 3.63) is 42.0 Å². The molecule has 0 fully saturated rings. The van der Waals surface area contributed by atoms with Crippen molar-refractivity contribution in [2.24, 2.45) is 5.73 Å². The first-order valence-electron chi connectivity index (χ1n) is 5.90. The third-order valence-electron chi connectivity index (χ3n) is 3.01. The van der Waals surface area contributed by atoms with E-state index in [0.717, 1.165) is 10.8 Å². The van der Waals surface area contributed by atoms with Crippen LogP contribution in [0, 0.1) is 0 Å². The SMILES string of the molecule is N[C@@H](CCC(F)(F)F)c1ccc2cc(O)ccc2c1. The maximum Gasteiger partial charge on any atom is 0.389 e. The van der Waals surface area contributed by atoms with E-state index in [9.17, 15) is 18.3 Å². The Labute approximate surface area is 108 Å². The smallest absolute Gasteiger partial charge is 0.389 e. The molecule has 0 heterocycles. The van der Waals surface area contributed by atoms with Crippen LogP contribution in [0.5, 0.6) is 5.75 Å². The molecule has 3 N–H and O–H groups in total. The van der Waals surface area contributed by atoms with E-state index in [4.69, 9.17) is 5.73 Å². The maximum absolute atomic E-state index is 12.1. The fourth-order valence-corrected chi connectivity index (χ4v) is 1.97. The Morgan fingerprint density at radius 2 is 1.68 bits per heavy atom. The van der Waals surface area contributed by atoms with Gasteiger partial charge in [-0.05, 0) is 41.0 Å². The molecule has 2 aromatic carbocycles. The molecule has 0 aliphatic rings. The lowest BCUT2D eigenvalue weighted by atomic mass is 9.99. The Morgan fingerprint density at radius 1 is 1.05 bits per heavy atom. The van der Waals surface area contributed by atoms with Gasteiger partial charge in [0.2, 0.25) is 0 Å². The average molecular weight is 269 g/mol. The second kappa shape index (κ2) is 5.09. The van der Waals surface area contributed by atoms with Gasteiger partial charge < -0.3 is 10.8 Å². The van der Waals surface area contributed by atoms with Gasteiger partial charge in [0.1, 0.15) is 5.75 Å². The first-order chi connectivity index (χ1) is 8.85. The lowest BCUT2D eigenvalue weighted by Crippen LogP contribution is -2.15. The van der Waals surface area contributed by atoms with Gasteiger partial charge in [-0.1, -0.05) is 18.2 Å². The van der Waals surface area contributed by atoms with Gasteiger partial charge in [-0.2, -0.15) is 13.2 Å². The van der Waals surface area contributed by atoms with Crippen LogP contribution in [0.25, 0.3) is 10.8 Å². The number of benzene rings is 2. The molecule has 0 aliphatic carbocycles. The van der Waals surface area contributed by atoms with Crippen molar-refractivity contribution in [2.45, 2.75) is 25.1 Å². The minimum Gasteiger partial charge on any atom is -0.508 e. The number of alkyl halides is 3. The van der Waals surface area contributed by atoms with E-state index in [1.807, 2.05) is 0 Å². The fourth-order valence-electron chi connectivity index (χ4n) is 1.97. The summed E-state index contributed by atoms with van der Waals surface area (Å²) in [5, 5.41) is 11.0. The molecule has 19 heavy (non-hydrogen) atoms. The zero-order chi connectivity index (χ0) is 14.0. The molecule has 5 heteroatoms. The Bertz CT molecular complexity index is 580. The summed E-state index contributed by atoms with van der Waals surface area (Å²) >= 11 is 0. The molecule has 0 bridgehead atoms. The Hall–Kier alpha value is -1.75. The van der Waals surface area contributed by atoms with Gasteiger partial charge >= 0.3 is 6.18 Å². The van der Waals surface area contributed by atoms with Gasteiger partial charge in [0.05, 0.1) is 0 Å². The normalized spacial score (nSPS) is 13.7. The van der Waals surface area contributed by atoms with Crippen molar-refractivity contribution in [1.29, 1.82) is 0 Å². The Kier molecular flexibility index (Phi) is 3.66. The molecule has 0 aromatic heterocycles. The first kappa shape index (κ1) is 13.7. The molecular formula is C14H14F3NO.